The molecular formula is C34H28F4N6O5S. The summed E-state index contributed by atoms with van der Waals surface area (Å²) < 4.78 is 80.9. The van der Waals surface area contributed by atoms with Crippen molar-refractivity contribution < 1.29 is 40.4 Å². The molecule has 0 saturated carbocycles. The number of carbonyl (C=O) groups is 3. The average molecular weight is 709 g/mol. The van der Waals surface area contributed by atoms with E-state index >= 15 is 0 Å². The van der Waals surface area contributed by atoms with Crippen LogP contribution in [0, 0.1) is 17.1 Å². The van der Waals surface area contributed by atoms with Crippen LogP contribution in [0.15, 0.2) is 78.9 Å². The topological polar surface area (TPSA) is 145 Å². The van der Waals surface area contributed by atoms with Crippen LogP contribution in [0.25, 0.3) is 5.69 Å². The molecule has 4 aromatic rings. The zero-order chi connectivity index (χ0) is 36.0. The van der Waals surface area contributed by atoms with Gasteiger partial charge in [-0.25, -0.2) is 17.5 Å². The predicted molar refractivity (Wildman–Crippen MR) is 172 cm³/mol. The summed E-state index contributed by atoms with van der Waals surface area (Å²) in [4.78, 5) is 44.8. The number of sulfone groups is 1. The van der Waals surface area contributed by atoms with E-state index in [1.165, 1.54) is 21.7 Å². The fraction of sp³-hybridized carbons (Fsp3) is 0.265. The van der Waals surface area contributed by atoms with Gasteiger partial charge in [0, 0.05) is 30.1 Å². The molecule has 11 nitrogen and oxygen atoms in total. The SMILES string of the molecule is CCN1C(=O)[C@@H](NC(=O)c2cccc(C(F)(F)F)c2)[C@@H](c2ccc(F)cc2)c2c(C(=O)N3CCS(=O)(=O)CC3C#N)nn(-c3ccccc3)c21. The Morgan fingerprint density at radius 1 is 1.04 bits per heavy atom. The number of rotatable bonds is 6. The Labute approximate surface area is 283 Å². The van der Waals surface area contributed by atoms with Crippen molar-refractivity contribution in [2.24, 2.45) is 0 Å². The highest BCUT2D eigenvalue weighted by Crippen LogP contribution is 2.44. The monoisotopic (exact) mass is 708 g/mol. The summed E-state index contributed by atoms with van der Waals surface area (Å²) in [5.74, 6) is -5.29. The number of hydrogen-bond donors (Lipinski definition) is 1. The van der Waals surface area contributed by atoms with Crippen molar-refractivity contribution in [1.29, 1.82) is 5.26 Å². The average Bonchev–Trinajstić information content (AvgIpc) is 3.48. The van der Waals surface area contributed by atoms with Crippen LogP contribution < -0.4 is 10.2 Å². The van der Waals surface area contributed by atoms with Crippen LogP contribution in [0.3, 0.4) is 0 Å². The number of aromatic nitrogens is 2. The number of fused-ring (bicyclic) bond motifs is 1. The Bertz CT molecular complexity index is 2130. The summed E-state index contributed by atoms with van der Waals surface area (Å²) >= 11 is 0. The third kappa shape index (κ3) is 6.31. The number of likely N-dealkylation sites (N-methyl/N-ethyl adjacent to an activating group) is 1. The molecule has 1 saturated heterocycles. The van der Waals surface area contributed by atoms with Crippen LogP contribution in [0.2, 0.25) is 0 Å². The molecule has 2 aliphatic heterocycles. The molecule has 3 amide bonds. The molecule has 1 fully saturated rings. The molecule has 1 N–H and O–H groups in total. The summed E-state index contributed by atoms with van der Waals surface area (Å²) in [7, 11) is -3.63. The number of nitriles is 1. The highest BCUT2D eigenvalue weighted by Gasteiger charge is 2.48. The molecule has 50 heavy (non-hydrogen) atoms. The molecule has 3 aromatic carbocycles. The second-order valence-corrected chi connectivity index (χ2v) is 14.0. The second-order valence-electron chi connectivity index (χ2n) is 11.7. The lowest BCUT2D eigenvalue weighted by Gasteiger charge is -2.39. The standard InChI is InChI=1S/C34H28F4N6O5S/c1-2-42-31-27(29(41-44(31)24-9-4-3-5-10-24)33(47)43-15-16-50(48,49)19-25(43)18-39)26(20-11-13-23(35)14-12-20)28(32(42)46)40-30(45)21-7-6-8-22(17-21)34(36,37)38/h3-14,17,25-26,28H,2,15-16,19H2,1H3,(H,40,45)/t25?,26-,28-/m0/s1. The smallest absolute Gasteiger partial charge is 0.339 e. The maximum Gasteiger partial charge on any atom is 0.416 e. The lowest BCUT2D eigenvalue weighted by Crippen LogP contribution is -2.56. The van der Waals surface area contributed by atoms with Gasteiger partial charge in [0.05, 0.1) is 28.8 Å². The number of nitrogens with zero attached hydrogens (tertiary/aromatic N) is 5. The first-order chi connectivity index (χ1) is 23.7. The van der Waals surface area contributed by atoms with Gasteiger partial charge in [0.15, 0.2) is 15.5 Å². The number of anilines is 1. The molecule has 0 spiro atoms. The third-order valence-electron chi connectivity index (χ3n) is 8.66. The van der Waals surface area contributed by atoms with Gasteiger partial charge in [0.25, 0.3) is 17.7 Å². The van der Waals surface area contributed by atoms with Crippen molar-refractivity contribution in [1.82, 2.24) is 20.0 Å². The Kier molecular flexibility index (Phi) is 8.95. The van der Waals surface area contributed by atoms with E-state index in [-0.39, 0.29) is 41.3 Å². The Morgan fingerprint density at radius 3 is 2.38 bits per heavy atom. The van der Waals surface area contributed by atoms with Crippen LogP contribution >= 0.6 is 0 Å². The van der Waals surface area contributed by atoms with E-state index in [4.69, 9.17) is 0 Å². The first-order valence-corrected chi connectivity index (χ1v) is 17.2. The van der Waals surface area contributed by atoms with Gasteiger partial charge >= 0.3 is 6.18 Å². The van der Waals surface area contributed by atoms with E-state index in [0.717, 1.165) is 35.2 Å². The maximum absolute atomic E-state index is 14.4. The highest BCUT2D eigenvalue weighted by molar-refractivity contribution is 7.91. The van der Waals surface area contributed by atoms with Gasteiger partial charge in [0.1, 0.15) is 23.7 Å². The number of hydrogen-bond acceptors (Lipinski definition) is 7. The molecule has 3 heterocycles. The van der Waals surface area contributed by atoms with Gasteiger partial charge in [-0.3, -0.25) is 19.3 Å². The quantitative estimate of drug-likeness (QED) is 0.297. The van der Waals surface area contributed by atoms with Gasteiger partial charge in [-0.15, -0.1) is 0 Å². The van der Waals surface area contributed by atoms with Crippen LogP contribution in [0.5, 0.6) is 0 Å². The van der Waals surface area contributed by atoms with Crippen LogP contribution in [0.4, 0.5) is 23.4 Å². The van der Waals surface area contributed by atoms with Crippen LogP contribution in [-0.2, 0) is 20.8 Å². The van der Waals surface area contributed by atoms with Crippen LogP contribution in [0.1, 0.15) is 50.4 Å². The fourth-order valence-electron chi connectivity index (χ4n) is 6.29. The molecule has 2 aliphatic rings. The van der Waals surface area contributed by atoms with Crippen molar-refractivity contribution in [2.75, 3.05) is 29.5 Å². The van der Waals surface area contributed by atoms with Crippen molar-refractivity contribution in [2.45, 2.75) is 31.1 Å². The number of carbonyl (C=O) groups excluding carboxylic acids is 3. The minimum Gasteiger partial charge on any atom is -0.339 e. The van der Waals surface area contributed by atoms with E-state index in [0.29, 0.717) is 11.8 Å². The Balaban J connectivity index is 1.57. The van der Waals surface area contributed by atoms with E-state index in [1.54, 1.807) is 37.3 Å². The predicted octanol–water partition coefficient (Wildman–Crippen LogP) is 4.09. The van der Waals surface area contributed by atoms with E-state index in [2.05, 4.69) is 10.4 Å². The summed E-state index contributed by atoms with van der Waals surface area (Å²) in [6.07, 6.45) is -4.75. The summed E-state index contributed by atoms with van der Waals surface area (Å²) in [5, 5.41) is 17.1. The third-order valence-corrected chi connectivity index (χ3v) is 10.3. The van der Waals surface area contributed by atoms with Gasteiger partial charge in [-0.1, -0.05) is 36.4 Å². The molecule has 16 heteroatoms. The summed E-state index contributed by atoms with van der Waals surface area (Å²) in [6.45, 7) is 1.31. The minimum atomic E-state index is -4.75. The van der Waals surface area contributed by atoms with E-state index < -0.39 is 74.6 Å². The summed E-state index contributed by atoms with van der Waals surface area (Å²) in [6, 6.07) is 16.0. The summed E-state index contributed by atoms with van der Waals surface area (Å²) in [5.41, 5.74) is -0.946. The molecule has 0 bridgehead atoms. The lowest BCUT2D eigenvalue weighted by atomic mass is 9.80. The number of benzene rings is 3. The zero-order valence-electron chi connectivity index (χ0n) is 26.3. The lowest BCUT2D eigenvalue weighted by molar-refractivity contribution is -0.137. The molecule has 3 atom stereocenters. The number of nitrogens with one attached hydrogen (secondary N) is 1. The number of halogens is 4. The molecule has 0 radical (unpaired) electrons. The van der Waals surface area contributed by atoms with Crippen LogP contribution in [-0.4, -0.2) is 77.5 Å². The zero-order valence-corrected chi connectivity index (χ0v) is 27.1. The first kappa shape index (κ1) is 34.3. The Hall–Kier alpha value is -5.56. The Morgan fingerprint density at radius 2 is 1.74 bits per heavy atom. The van der Waals surface area contributed by atoms with Gasteiger partial charge < -0.3 is 10.2 Å². The fourth-order valence-corrected chi connectivity index (χ4v) is 7.67. The minimum absolute atomic E-state index is 0.00711. The molecule has 1 unspecified atom stereocenters. The van der Waals surface area contributed by atoms with Crippen molar-refractivity contribution >= 4 is 33.4 Å². The van der Waals surface area contributed by atoms with Gasteiger partial charge in [0.2, 0.25) is 0 Å². The highest BCUT2D eigenvalue weighted by atomic mass is 32.2. The molecule has 6 rings (SSSR count). The largest absolute Gasteiger partial charge is 0.416 e. The number of para-hydroxylation sites is 1. The van der Waals surface area contributed by atoms with E-state index in [1.807, 2.05) is 6.07 Å². The molecule has 0 aliphatic carbocycles. The van der Waals surface area contributed by atoms with Crippen molar-refractivity contribution in [3.05, 3.63) is 113 Å². The van der Waals surface area contributed by atoms with Gasteiger partial charge in [-0.05, 0) is 55.0 Å². The molecule has 258 valence electrons. The number of amides is 3. The first-order valence-electron chi connectivity index (χ1n) is 15.4. The van der Waals surface area contributed by atoms with Crippen molar-refractivity contribution in [3.8, 4) is 11.8 Å². The maximum atomic E-state index is 14.4. The van der Waals surface area contributed by atoms with Crippen molar-refractivity contribution in [3.63, 3.8) is 0 Å². The number of alkyl halides is 3. The van der Waals surface area contributed by atoms with Gasteiger partial charge in [-0.2, -0.15) is 23.5 Å². The molecular weight excluding hydrogens is 680 g/mol. The molecule has 1 aromatic heterocycles. The van der Waals surface area contributed by atoms with E-state index in [9.17, 15) is 45.6 Å². The normalized spacial score (nSPS) is 20.2. The second kappa shape index (κ2) is 13.0.